The lowest BCUT2D eigenvalue weighted by Crippen LogP contribution is -2.43. The van der Waals surface area contributed by atoms with E-state index in [1.807, 2.05) is 22.0 Å². The maximum absolute atomic E-state index is 13.5. The number of rotatable bonds is 5. The van der Waals surface area contributed by atoms with Crippen molar-refractivity contribution in [1.82, 2.24) is 34.2 Å². The van der Waals surface area contributed by atoms with Crippen LogP contribution in [-0.4, -0.2) is 46.7 Å². The Kier molecular flexibility index (Phi) is 3.98. The zero-order valence-corrected chi connectivity index (χ0v) is 17.5. The molecule has 3 aliphatic rings. The van der Waals surface area contributed by atoms with E-state index < -0.39 is 0 Å². The first-order valence-corrected chi connectivity index (χ1v) is 11.2. The molecule has 1 amide bonds. The smallest absolute Gasteiger partial charge is 0.256 e. The van der Waals surface area contributed by atoms with Gasteiger partial charge < -0.3 is 9.47 Å². The van der Waals surface area contributed by atoms with Crippen molar-refractivity contribution >= 4 is 17.1 Å². The molecule has 0 N–H and O–H groups in total. The van der Waals surface area contributed by atoms with Crippen molar-refractivity contribution in [3.63, 3.8) is 0 Å². The number of hydrogen-bond acceptors (Lipinski definition) is 5. The lowest BCUT2D eigenvalue weighted by atomic mass is 9.99. The van der Waals surface area contributed by atoms with Crippen molar-refractivity contribution < 1.29 is 4.79 Å². The minimum absolute atomic E-state index is 0.0123. The summed E-state index contributed by atoms with van der Waals surface area (Å²) < 4.78 is 4.16. The van der Waals surface area contributed by atoms with Gasteiger partial charge in [-0.25, -0.2) is 19.6 Å². The Balaban J connectivity index is 1.33. The summed E-state index contributed by atoms with van der Waals surface area (Å²) in [6.45, 7) is 5.72. The van der Waals surface area contributed by atoms with Crippen LogP contribution < -0.4 is 0 Å². The highest BCUT2D eigenvalue weighted by atomic mass is 16.2. The summed E-state index contributed by atoms with van der Waals surface area (Å²) in [5.41, 5.74) is 2.28. The van der Waals surface area contributed by atoms with Crippen LogP contribution in [0.25, 0.3) is 11.2 Å². The van der Waals surface area contributed by atoms with Gasteiger partial charge in [0.1, 0.15) is 11.3 Å². The molecule has 1 atom stereocenters. The van der Waals surface area contributed by atoms with Gasteiger partial charge in [-0.2, -0.15) is 5.10 Å². The fraction of sp³-hybridized carbons (Fsp3) is 0.591. The number of pyridine rings is 1. The molecule has 3 aromatic rings. The van der Waals surface area contributed by atoms with E-state index in [1.54, 1.807) is 6.20 Å². The highest BCUT2D eigenvalue weighted by Gasteiger charge is 2.37. The highest BCUT2D eigenvalue weighted by Crippen LogP contribution is 2.40. The zero-order chi connectivity index (χ0) is 20.4. The number of amides is 1. The number of aromatic nitrogens is 6. The van der Waals surface area contributed by atoms with Gasteiger partial charge in [-0.3, -0.25) is 4.79 Å². The fourth-order valence-corrected chi connectivity index (χ4v) is 4.54. The lowest BCUT2D eigenvalue weighted by Gasteiger charge is -2.36. The van der Waals surface area contributed by atoms with E-state index in [-0.39, 0.29) is 11.9 Å². The Hall–Kier alpha value is -2.77. The van der Waals surface area contributed by atoms with Gasteiger partial charge in [-0.15, -0.1) is 0 Å². The number of carbonyl (C=O) groups excluding carboxylic acids is 1. The van der Waals surface area contributed by atoms with Gasteiger partial charge in [0, 0.05) is 24.7 Å². The van der Waals surface area contributed by atoms with E-state index in [2.05, 4.69) is 28.4 Å². The fourth-order valence-electron chi connectivity index (χ4n) is 4.54. The molecule has 4 heterocycles. The Bertz CT molecular complexity index is 1120. The molecular formula is C22H27N7O. The van der Waals surface area contributed by atoms with Crippen LogP contribution in [0.4, 0.5) is 0 Å². The Labute approximate surface area is 175 Å². The van der Waals surface area contributed by atoms with Gasteiger partial charge in [0.05, 0.1) is 24.5 Å². The zero-order valence-electron chi connectivity index (χ0n) is 17.5. The average molecular weight is 406 g/mol. The standard InChI is InChI=1S/C22H27N7O/c1-13(2)9-18-21-25-19(14-3-4-14)26-29(21)8-7-27(18)22(30)15-10-17-20(23-11-15)28(12-24-17)16-5-6-16/h10-14,16,18H,3-9H2,1-2H3/t18-/m0/s1. The van der Waals surface area contributed by atoms with Gasteiger partial charge in [0.15, 0.2) is 11.5 Å². The second kappa shape index (κ2) is 6.62. The largest absolute Gasteiger partial charge is 0.326 e. The van der Waals surface area contributed by atoms with Crippen LogP contribution >= 0.6 is 0 Å². The molecule has 156 valence electrons. The van der Waals surface area contributed by atoms with Crippen LogP contribution in [0.15, 0.2) is 18.6 Å². The molecule has 0 unspecified atom stereocenters. The maximum atomic E-state index is 13.5. The number of fused-ring (bicyclic) bond motifs is 2. The molecule has 8 nitrogen and oxygen atoms in total. The highest BCUT2D eigenvalue weighted by molar-refractivity contribution is 5.96. The maximum Gasteiger partial charge on any atom is 0.256 e. The second-order valence-electron chi connectivity index (χ2n) is 9.42. The Morgan fingerprint density at radius 1 is 1.17 bits per heavy atom. The molecule has 2 fully saturated rings. The number of imidazole rings is 1. The summed E-state index contributed by atoms with van der Waals surface area (Å²) in [6, 6.07) is 2.37. The van der Waals surface area contributed by atoms with Crippen LogP contribution in [0.3, 0.4) is 0 Å². The quantitative estimate of drug-likeness (QED) is 0.649. The van der Waals surface area contributed by atoms with Gasteiger partial charge in [-0.05, 0) is 44.1 Å². The summed E-state index contributed by atoms with van der Waals surface area (Å²) in [7, 11) is 0. The summed E-state index contributed by atoms with van der Waals surface area (Å²) in [5, 5.41) is 4.75. The van der Waals surface area contributed by atoms with Gasteiger partial charge in [0.2, 0.25) is 0 Å². The van der Waals surface area contributed by atoms with Crippen molar-refractivity contribution in [3.05, 3.63) is 35.8 Å². The van der Waals surface area contributed by atoms with E-state index >= 15 is 0 Å². The third-order valence-corrected chi connectivity index (χ3v) is 6.44. The van der Waals surface area contributed by atoms with Gasteiger partial charge >= 0.3 is 0 Å². The first kappa shape index (κ1) is 18.0. The van der Waals surface area contributed by atoms with Gasteiger partial charge in [0.25, 0.3) is 5.91 Å². The molecule has 0 saturated heterocycles. The van der Waals surface area contributed by atoms with E-state index in [1.165, 1.54) is 25.7 Å². The topological polar surface area (TPSA) is 81.7 Å². The van der Waals surface area contributed by atoms with Crippen molar-refractivity contribution in [2.24, 2.45) is 5.92 Å². The molecular weight excluding hydrogens is 378 g/mol. The molecule has 30 heavy (non-hydrogen) atoms. The molecule has 8 heteroatoms. The molecule has 1 aliphatic heterocycles. The SMILES string of the molecule is CC(C)C[C@H]1c2nc(C3CC3)nn2CCN1C(=O)c1cnc2c(c1)ncn2C1CC1. The summed E-state index contributed by atoms with van der Waals surface area (Å²) in [6.07, 6.45) is 9.17. The lowest BCUT2D eigenvalue weighted by molar-refractivity contribution is 0.0578. The van der Waals surface area contributed by atoms with Gasteiger partial charge in [-0.1, -0.05) is 13.8 Å². The van der Waals surface area contributed by atoms with E-state index in [9.17, 15) is 4.79 Å². The van der Waals surface area contributed by atoms with E-state index in [4.69, 9.17) is 10.1 Å². The molecule has 0 radical (unpaired) electrons. The predicted molar refractivity (Wildman–Crippen MR) is 111 cm³/mol. The normalized spacial score (nSPS) is 21.4. The molecule has 2 saturated carbocycles. The second-order valence-corrected chi connectivity index (χ2v) is 9.42. The summed E-state index contributed by atoms with van der Waals surface area (Å²) in [5.74, 6) is 2.88. The van der Waals surface area contributed by atoms with Crippen molar-refractivity contribution in [3.8, 4) is 0 Å². The van der Waals surface area contributed by atoms with Crippen LogP contribution in [0.5, 0.6) is 0 Å². The van der Waals surface area contributed by atoms with Crippen LogP contribution in [0, 0.1) is 5.92 Å². The number of hydrogen-bond donors (Lipinski definition) is 0. The average Bonchev–Trinajstić information content (AvgIpc) is 3.67. The summed E-state index contributed by atoms with van der Waals surface area (Å²) >= 11 is 0. The monoisotopic (exact) mass is 405 g/mol. The summed E-state index contributed by atoms with van der Waals surface area (Å²) in [4.78, 5) is 29.5. The van der Waals surface area contributed by atoms with E-state index in [0.29, 0.717) is 36.5 Å². The minimum atomic E-state index is -0.0500. The third-order valence-electron chi connectivity index (χ3n) is 6.44. The molecule has 6 rings (SSSR count). The molecule has 0 bridgehead atoms. The minimum Gasteiger partial charge on any atom is -0.326 e. The molecule has 0 aromatic carbocycles. The number of nitrogens with zero attached hydrogens (tertiary/aromatic N) is 7. The van der Waals surface area contributed by atoms with Crippen LogP contribution in [-0.2, 0) is 6.54 Å². The van der Waals surface area contributed by atoms with Crippen molar-refractivity contribution in [2.75, 3.05) is 6.54 Å². The van der Waals surface area contributed by atoms with Crippen molar-refractivity contribution in [2.45, 2.75) is 70.5 Å². The molecule has 2 aliphatic carbocycles. The van der Waals surface area contributed by atoms with E-state index in [0.717, 1.165) is 29.2 Å². The number of carbonyl (C=O) groups is 1. The van der Waals surface area contributed by atoms with Crippen LogP contribution in [0.2, 0.25) is 0 Å². The Morgan fingerprint density at radius 2 is 2.00 bits per heavy atom. The molecule has 0 spiro atoms. The van der Waals surface area contributed by atoms with Crippen LogP contribution in [0.1, 0.15) is 86.0 Å². The third kappa shape index (κ3) is 3.00. The predicted octanol–water partition coefficient (Wildman–Crippen LogP) is 3.48. The first-order chi connectivity index (χ1) is 14.6. The van der Waals surface area contributed by atoms with Crippen molar-refractivity contribution in [1.29, 1.82) is 0 Å². The molecule has 3 aromatic heterocycles. The first-order valence-electron chi connectivity index (χ1n) is 11.2. The Morgan fingerprint density at radius 3 is 2.73 bits per heavy atom.